The van der Waals surface area contributed by atoms with E-state index in [1.54, 1.807) is 0 Å². The van der Waals surface area contributed by atoms with Crippen molar-refractivity contribution in [2.75, 3.05) is 5.33 Å². The first-order chi connectivity index (χ1) is 9.06. The summed E-state index contributed by atoms with van der Waals surface area (Å²) >= 11 is 3.49. The van der Waals surface area contributed by atoms with Crippen molar-refractivity contribution in [3.8, 4) is 0 Å². The lowest BCUT2D eigenvalue weighted by Crippen LogP contribution is -2.52. The van der Waals surface area contributed by atoms with Gasteiger partial charge in [0.05, 0.1) is 17.3 Å². The molecular formula is C14H18BrFN2O. The predicted octanol–water partition coefficient (Wildman–Crippen LogP) is 3.29. The van der Waals surface area contributed by atoms with Crippen molar-refractivity contribution in [3.05, 3.63) is 29.8 Å². The van der Waals surface area contributed by atoms with Gasteiger partial charge >= 0.3 is 0 Å². The number of halogens is 2. The molecule has 1 fully saturated rings. The molecule has 19 heavy (non-hydrogen) atoms. The SMILES string of the molecule is CC1CCCC(CBr)(NC(=O)c2ccncc2F)C1. The number of carbonyl (C=O) groups excluding carboxylic acids is 1. The Kier molecular flexibility index (Phi) is 4.55. The molecule has 2 rings (SSSR count). The average Bonchev–Trinajstić information content (AvgIpc) is 2.39. The Morgan fingerprint density at radius 3 is 3.11 bits per heavy atom. The van der Waals surface area contributed by atoms with E-state index in [9.17, 15) is 9.18 Å². The van der Waals surface area contributed by atoms with Gasteiger partial charge in [-0.3, -0.25) is 9.78 Å². The number of alkyl halides is 1. The number of nitrogens with zero attached hydrogens (tertiary/aromatic N) is 1. The smallest absolute Gasteiger partial charge is 0.254 e. The molecule has 2 atom stereocenters. The first kappa shape index (κ1) is 14.4. The molecule has 1 heterocycles. The normalized spacial score (nSPS) is 27.0. The molecule has 1 aromatic rings. The lowest BCUT2D eigenvalue weighted by atomic mass is 9.77. The second-order valence-corrected chi connectivity index (χ2v) is 5.99. The van der Waals surface area contributed by atoms with E-state index in [4.69, 9.17) is 0 Å². The molecule has 0 aliphatic heterocycles. The summed E-state index contributed by atoms with van der Waals surface area (Å²) < 4.78 is 13.6. The fourth-order valence-electron chi connectivity index (χ4n) is 2.80. The van der Waals surface area contributed by atoms with Crippen LogP contribution in [0.5, 0.6) is 0 Å². The number of pyridine rings is 1. The van der Waals surface area contributed by atoms with Crippen molar-refractivity contribution in [2.45, 2.75) is 38.1 Å². The summed E-state index contributed by atoms with van der Waals surface area (Å²) in [6, 6.07) is 1.42. The van der Waals surface area contributed by atoms with Crippen molar-refractivity contribution in [3.63, 3.8) is 0 Å². The highest BCUT2D eigenvalue weighted by molar-refractivity contribution is 9.09. The van der Waals surface area contributed by atoms with Gasteiger partial charge in [0.15, 0.2) is 5.82 Å². The van der Waals surface area contributed by atoms with E-state index in [1.807, 2.05) is 0 Å². The molecule has 104 valence electrons. The van der Waals surface area contributed by atoms with Crippen LogP contribution in [0.3, 0.4) is 0 Å². The van der Waals surface area contributed by atoms with Crippen molar-refractivity contribution >= 4 is 21.8 Å². The Balaban J connectivity index is 2.14. The fourth-order valence-corrected chi connectivity index (χ4v) is 3.45. The highest BCUT2D eigenvalue weighted by Crippen LogP contribution is 2.33. The zero-order valence-electron chi connectivity index (χ0n) is 11.0. The predicted molar refractivity (Wildman–Crippen MR) is 75.8 cm³/mol. The van der Waals surface area contributed by atoms with Gasteiger partial charge in [0.2, 0.25) is 0 Å². The number of carbonyl (C=O) groups is 1. The second-order valence-electron chi connectivity index (χ2n) is 5.43. The number of amides is 1. The van der Waals surface area contributed by atoms with E-state index >= 15 is 0 Å². The zero-order chi connectivity index (χ0) is 13.9. The minimum absolute atomic E-state index is 0.0635. The molecule has 1 aliphatic carbocycles. The van der Waals surface area contributed by atoms with Gasteiger partial charge in [0, 0.05) is 11.5 Å². The van der Waals surface area contributed by atoms with Crippen LogP contribution in [0.25, 0.3) is 0 Å². The molecule has 3 nitrogen and oxygen atoms in total. The van der Waals surface area contributed by atoms with Gasteiger partial charge in [-0.1, -0.05) is 35.7 Å². The fraction of sp³-hybridized carbons (Fsp3) is 0.571. The molecule has 0 radical (unpaired) electrons. The summed E-state index contributed by atoms with van der Waals surface area (Å²) in [6.07, 6.45) is 6.64. The molecule has 1 aliphatic rings. The van der Waals surface area contributed by atoms with Gasteiger partial charge < -0.3 is 5.32 Å². The molecule has 1 N–H and O–H groups in total. The van der Waals surface area contributed by atoms with Gasteiger partial charge in [-0.15, -0.1) is 0 Å². The minimum Gasteiger partial charge on any atom is -0.346 e. The van der Waals surface area contributed by atoms with Crippen molar-refractivity contribution in [1.82, 2.24) is 10.3 Å². The van der Waals surface area contributed by atoms with E-state index in [0.29, 0.717) is 11.2 Å². The molecule has 5 heteroatoms. The summed E-state index contributed by atoms with van der Waals surface area (Å²) in [5, 5.41) is 3.71. The third-order valence-electron chi connectivity index (χ3n) is 3.74. The number of aromatic nitrogens is 1. The lowest BCUT2D eigenvalue weighted by Gasteiger charge is -2.39. The summed E-state index contributed by atoms with van der Waals surface area (Å²) in [4.78, 5) is 15.9. The van der Waals surface area contributed by atoms with Gasteiger partial charge in [-0.2, -0.15) is 0 Å². The highest BCUT2D eigenvalue weighted by Gasteiger charge is 2.35. The summed E-state index contributed by atoms with van der Waals surface area (Å²) in [7, 11) is 0. The zero-order valence-corrected chi connectivity index (χ0v) is 12.5. The average molecular weight is 329 g/mol. The first-order valence-corrected chi connectivity index (χ1v) is 7.66. The van der Waals surface area contributed by atoms with Crippen LogP contribution in [0.2, 0.25) is 0 Å². The van der Waals surface area contributed by atoms with Gasteiger partial charge in [0.1, 0.15) is 0 Å². The number of hydrogen-bond donors (Lipinski definition) is 1. The van der Waals surface area contributed by atoms with E-state index in [-0.39, 0.29) is 17.0 Å². The Bertz CT molecular complexity index is 469. The molecule has 1 amide bonds. The quantitative estimate of drug-likeness (QED) is 0.865. The number of nitrogens with one attached hydrogen (secondary N) is 1. The van der Waals surface area contributed by atoms with Crippen LogP contribution in [0, 0.1) is 11.7 Å². The van der Waals surface area contributed by atoms with Crippen LogP contribution < -0.4 is 5.32 Å². The van der Waals surface area contributed by atoms with Crippen LogP contribution in [-0.2, 0) is 0 Å². The van der Waals surface area contributed by atoms with E-state index in [2.05, 4.69) is 33.2 Å². The van der Waals surface area contributed by atoms with Crippen LogP contribution >= 0.6 is 15.9 Å². The Labute approximate surface area is 121 Å². The summed E-state index contributed by atoms with van der Waals surface area (Å²) in [5.74, 6) is -0.351. The van der Waals surface area contributed by atoms with Crippen LogP contribution in [0.15, 0.2) is 18.5 Å². The maximum Gasteiger partial charge on any atom is 0.254 e. The monoisotopic (exact) mass is 328 g/mol. The van der Waals surface area contributed by atoms with E-state index in [0.717, 1.165) is 25.5 Å². The van der Waals surface area contributed by atoms with Crippen molar-refractivity contribution < 1.29 is 9.18 Å². The molecule has 1 aromatic heterocycles. The van der Waals surface area contributed by atoms with Gasteiger partial charge in [-0.25, -0.2) is 4.39 Å². The molecule has 1 saturated carbocycles. The van der Waals surface area contributed by atoms with Gasteiger partial charge in [-0.05, 0) is 24.8 Å². The van der Waals surface area contributed by atoms with Crippen molar-refractivity contribution in [2.24, 2.45) is 5.92 Å². The van der Waals surface area contributed by atoms with Gasteiger partial charge in [0.25, 0.3) is 5.91 Å². The molecule has 0 bridgehead atoms. The largest absolute Gasteiger partial charge is 0.346 e. The molecule has 2 unspecified atom stereocenters. The molecule has 0 aromatic carbocycles. The third kappa shape index (κ3) is 3.32. The summed E-state index contributed by atoms with van der Waals surface area (Å²) in [6.45, 7) is 2.19. The molecule has 0 spiro atoms. The van der Waals surface area contributed by atoms with Crippen LogP contribution in [0.1, 0.15) is 43.0 Å². The maximum atomic E-state index is 13.6. The maximum absolute atomic E-state index is 13.6. The highest BCUT2D eigenvalue weighted by atomic mass is 79.9. The van der Waals surface area contributed by atoms with E-state index in [1.165, 1.54) is 18.7 Å². The van der Waals surface area contributed by atoms with E-state index < -0.39 is 5.82 Å². The number of rotatable bonds is 3. The molecule has 0 saturated heterocycles. The standard InChI is InChI=1S/C14H18BrFN2O/c1-10-3-2-5-14(7-10,9-15)18-13(19)11-4-6-17-8-12(11)16/h4,6,8,10H,2-3,5,7,9H2,1H3,(H,18,19). The number of hydrogen-bond acceptors (Lipinski definition) is 2. The Morgan fingerprint density at radius 1 is 1.68 bits per heavy atom. The second kappa shape index (κ2) is 5.99. The minimum atomic E-state index is -0.575. The van der Waals surface area contributed by atoms with Crippen molar-refractivity contribution in [1.29, 1.82) is 0 Å². The Hall–Kier alpha value is -0.970. The first-order valence-electron chi connectivity index (χ1n) is 6.54. The Morgan fingerprint density at radius 2 is 2.47 bits per heavy atom. The molecular weight excluding hydrogens is 311 g/mol. The third-order valence-corrected chi connectivity index (χ3v) is 4.82. The topological polar surface area (TPSA) is 42.0 Å². The van der Waals surface area contributed by atoms with Crippen LogP contribution in [-0.4, -0.2) is 21.8 Å². The lowest BCUT2D eigenvalue weighted by molar-refractivity contribution is 0.0865. The van der Waals surface area contributed by atoms with Crippen LogP contribution in [0.4, 0.5) is 4.39 Å². The summed E-state index contributed by atoms with van der Waals surface area (Å²) in [5.41, 5.74) is -0.196.